The van der Waals surface area contributed by atoms with E-state index in [1.54, 1.807) is 78.9 Å². The van der Waals surface area contributed by atoms with Crippen LogP contribution in [-0.4, -0.2) is 41.6 Å². The van der Waals surface area contributed by atoms with E-state index in [0.717, 1.165) is 32.1 Å². The number of hydrogen-bond acceptors (Lipinski definition) is 5. The molecule has 1 heterocycles. The Bertz CT molecular complexity index is 1330. The largest absolute Gasteiger partial charge is 0.465 e. The molecule has 2 amide bonds. The Labute approximate surface area is 227 Å². The van der Waals surface area contributed by atoms with Crippen molar-refractivity contribution in [3.63, 3.8) is 0 Å². The van der Waals surface area contributed by atoms with E-state index in [4.69, 9.17) is 4.74 Å². The molecule has 1 aliphatic carbocycles. The number of rotatable bonds is 9. The van der Waals surface area contributed by atoms with Crippen molar-refractivity contribution in [1.82, 2.24) is 10.2 Å². The van der Waals surface area contributed by atoms with Crippen molar-refractivity contribution in [3.8, 4) is 0 Å². The summed E-state index contributed by atoms with van der Waals surface area (Å²) in [4.78, 5) is 40.7. The number of benzene rings is 3. The molecule has 3 unspecified atom stereocenters. The Hall–Kier alpha value is -4.20. The highest BCUT2D eigenvalue weighted by molar-refractivity contribution is 6.02. The molecule has 3 aromatic carbocycles. The predicted molar refractivity (Wildman–Crippen MR) is 145 cm³/mol. The number of para-hydroxylation sites is 1. The van der Waals surface area contributed by atoms with Crippen LogP contribution in [0.25, 0.3) is 0 Å². The van der Waals surface area contributed by atoms with Crippen LogP contribution in [0.3, 0.4) is 0 Å². The number of nitrogens with zero attached hydrogens (tertiary/aromatic N) is 1. The smallest absolute Gasteiger partial charge is 0.339 e. The average molecular weight is 530 g/mol. The zero-order valence-corrected chi connectivity index (χ0v) is 21.8. The van der Waals surface area contributed by atoms with Crippen LogP contribution in [0.4, 0.5) is 10.1 Å². The summed E-state index contributed by atoms with van der Waals surface area (Å²) in [7, 11) is 1.29. The van der Waals surface area contributed by atoms with Gasteiger partial charge in [0.25, 0.3) is 11.7 Å². The van der Waals surface area contributed by atoms with Crippen LogP contribution in [0, 0.1) is 0 Å². The quantitative estimate of drug-likeness (QED) is 0.222. The molecule has 0 radical (unpaired) electrons. The number of anilines is 1. The van der Waals surface area contributed by atoms with E-state index in [1.807, 2.05) is 6.07 Å². The van der Waals surface area contributed by atoms with Crippen LogP contribution in [0.2, 0.25) is 0 Å². The summed E-state index contributed by atoms with van der Waals surface area (Å²) in [6, 6.07) is 22.1. The SMILES string of the molecule is COC(=O)c1ccccc1NC(C(=O)NC(c1ccccc1)C1(F)C(=O)N1C1CCCCC1)c1ccccc1. The Morgan fingerprint density at radius 1 is 0.897 bits per heavy atom. The molecule has 3 aromatic rings. The maximum absolute atomic E-state index is 16.6. The van der Waals surface area contributed by atoms with Gasteiger partial charge in [-0.1, -0.05) is 92.1 Å². The summed E-state index contributed by atoms with van der Waals surface area (Å²) >= 11 is 0. The lowest BCUT2D eigenvalue weighted by atomic mass is 9.94. The first-order chi connectivity index (χ1) is 18.9. The van der Waals surface area contributed by atoms with Gasteiger partial charge in [-0.3, -0.25) is 14.5 Å². The monoisotopic (exact) mass is 529 g/mol. The first-order valence-electron chi connectivity index (χ1n) is 13.3. The maximum atomic E-state index is 16.6. The molecule has 5 rings (SSSR count). The number of carbonyl (C=O) groups is 3. The Balaban J connectivity index is 1.48. The zero-order valence-electron chi connectivity index (χ0n) is 21.8. The van der Waals surface area contributed by atoms with Crippen LogP contribution < -0.4 is 10.6 Å². The van der Waals surface area contributed by atoms with Gasteiger partial charge >= 0.3 is 5.97 Å². The molecule has 0 bridgehead atoms. The fraction of sp³-hybridized carbons (Fsp3) is 0.323. The van der Waals surface area contributed by atoms with Crippen molar-refractivity contribution in [2.75, 3.05) is 12.4 Å². The molecule has 7 nitrogen and oxygen atoms in total. The summed E-state index contributed by atoms with van der Waals surface area (Å²) < 4.78 is 21.6. The third kappa shape index (κ3) is 5.24. The van der Waals surface area contributed by atoms with E-state index in [-0.39, 0.29) is 11.6 Å². The lowest BCUT2D eigenvalue weighted by Gasteiger charge is -2.29. The van der Waals surface area contributed by atoms with Gasteiger partial charge in [0, 0.05) is 11.7 Å². The normalized spacial score (nSPS) is 20.6. The Morgan fingerprint density at radius 2 is 1.49 bits per heavy atom. The van der Waals surface area contributed by atoms with Gasteiger partial charge in [-0.15, -0.1) is 0 Å². The standard InChI is InChI=1S/C31H32FN3O4/c1-39-29(37)24-19-11-12-20-25(24)33-26(21-13-5-2-6-14-21)28(36)34-27(22-15-7-3-8-16-22)31(32)30(38)35(31)23-17-9-4-10-18-23/h2-3,5-8,11-16,19-20,23,26-27,33H,4,9-10,17-18H2,1H3,(H,34,36). The summed E-state index contributed by atoms with van der Waals surface area (Å²) in [6.07, 6.45) is 4.49. The highest BCUT2D eigenvalue weighted by Crippen LogP contribution is 2.50. The highest BCUT2D eigenvalue weighted by atomic mass is 19.2. The van der Waals surface area contributed by atoms with E-state index in [9.17, 15) is 14.4 Å². The molecule has 1 saturated carbocycles. The van der Waals surface area contributed by atoms with E-state index < -0.39 is 35.7 Å². The first kappa shape index (κ1) is 26.4. The number of halogens is 1. The molecule has 1 saturated heterocycles. The van der Waals surface area contributed by atoms with Gasteiger partial charge < -0.3 is 15.4 Å². The van der Waals surface area contributed by atoms with E-state index >= 15 is 4.39 Å². The third-order valence-corrected chi connectivity index (χ3v) is 7.59. The minimum absolute atomic E-state index is 0.172. The minimum Gasteiger partial charge on any atom is -0.465 e. The summed E-state index contributed by atoms with van der Waals surface area (Å²) in [5.74, 6) is -4.01. The van der Waals surface area contributed by atoms with Crippen LogP contribution in [-0.2, 0) is 14.3 Å². The van der Waals surface area contributed by atoms with Crippen molar-refractivity contribution in [2.24, 2.45) is 0 Å². The molecule has 0 aromatic heterocycles. The molecule has 2 N–H and O–H groups in total. The molecule has 39 heavy (non-hydrogen) atoms. The highest BCUT2D eigenvalue weighted by Gasteiger charge is 2.71. The molecular formula is C31H32FN3O4. The second-order valence-electron chi connectivity index (χ2n) is 10.0. The molecule has 8 heteroatoms. The second-order valence-corrected chi connectivity index (χ2v) is 10.0. The number of ether oxygens (including phenoxy) is 1. The molecule has 0 spiro atoms. The van der Waals surface area contributed by atoms with Crippen LogP contribution in [0.1, 0.15) is 65.7 Å². The Morgan fingerprint density at radius 3 is 2.13 bits per heavy atom. The van der Waals surface area contributed by atoms with Crippen molar-refractivity contribution in [2.45, 2.75) is 56.0 Å². The second kappa shape index (κ2) is 11.3. The number of amides is 2. The fourth-order valence-electron chi connectivity index (χ4n) is 5.54. The van der Waals surface area contributed by atoms with E-state index in [1.165, 1.54) is 12.0 Å². The molecule has 3 atom stereocenters. The predicted octanol–water partition coefficient (Wildman–Crippen LogP) is 5.32. The molecular weight excluding hydrogens is 497 g/mol. The number of nitrogens with one attached hydrogen (secondary N) is 2. The van der Waals surface area contributed by atoms with Gasteiger partial charge in [-0.25, -0.2) is 9.18 Å². The van der Waals surface area contributed by atoms with E-state index in [0.29, 0.717) is 16.8 Å². The van der Waals surface area contributed by atoms with Crippen molar-refractivity contribution in [3.05, 3.63) is 102 Å². The lowest BCUT2D eigenvalue weighted by molar-refractivity contribution is -0.124. The first-order valence-corrected chi connectivity index (χ1v) is 13.3. The number of hydrogen-bond donors (Lipinski definition) is 2. The average Bonchev–Trinajstić information content (AvgIpc) is 3.55. The number of methoxy groups -OCH3 is 1. The van der Waals surface area contributed by atoms with Crippen LogP contribution in [0.5, 0.6) is 0 Å². The summed E-state index contributed by atoms with van der Waals surface area (Å²) in [5, 5.41) is 6.02. The van der Waals surface area contributed by atoms with Gasteiger partial charge in [0.05, 0.1) is 12.7 Å². The van der Waals surface area contributed by atoms with Crippen molar-refractivity contribution in [1.29, 1.82) is 0 Å². The molecule has 2 fully saturated rings. The maximum Gasteiger partial charge on any atom is 0.339 e. The molecule has 2 aliphatic rings. The van der Waals surface area contributed by atoms with Crippen LogP contribution >= 0.6 is 0 Å². The molecule has 1 aliphatic heterocycles. The number of carbonyl (C=O) groups excluding carboxylic acids is 3. The van der Waals surface area contributed by atoms with Gasteiger partial charge in [-0.05, 0) is 36.1 Å². The van der Waals surface area contributed by atoms with Gasteiger partial charge in [0.15, 0.2) is 0 Å². The van der Waals surface area contributed by atoms with Gasteiger partial charge in [-0.2, -0.15) is 0 Å². The fourth-order valence-corrected chi connectivity index (χ4v) is 5.54. The van der Waals surface area contributed by atoms with Crippen molar-refractivity contribution >= 4 is 23.5 Å². The van der Waals surface area contributed by atoms with Gasteiger partial charge in [0.1, 0.15) is 12.1 Å². The van der Waals surface area contributed by atoms with E-state index in [2.05, 4.69) is 10.6 Å². The van der Waals surface area contributed by atoms with Gasteiger partial charge in [0.2, 0.25) is 5.91 Å². The number of alkyl halides is 1. The zero-order chi connectivity index (χ0) is 27.4. The molecule has 202 valence electrons. The third-order valence-electron chi connectivity index (χ3n) is 7.59. The minimum atomic E-state index is -2.33. The summed E-state index contributed by atoms with van der Waals surface area (Å²) in [5.41, 5.74) is 1.77. The lowest BCUT2D eigenvalue weighted by Crippen LogP contribution is -2.43. The number of esters is 1. The summed E-state index contributed by atoms with van der Waals surface area (Å²) in [6.45, 7) is 0. The van der Waals surface area contributed by atoms with Crippen LogP contribution in [0.15, 0.2) is 84.9 Å². The topological polar surface area (TPSA) is 87.5 Å². The van der Waals surface area contributed by atoms with Crippen molar-refractivity contribution < 1.29 is 23.5 Å². The Kier molecular flexibility index (Phi) is 7.63.